The Morgan fingerprint density at radius 2 is 2.12 bits per heavy atom. The van der Waals surface area contributed by atoms with Gasteiger partial charge in [-0.3, -0.25) is 0 Å². The molecule has 0 atom stereocenters. The van der Waals surface area contributed by atoms with E-state index in [0.717, 1.165) is 38.0 Å². The second-order valence-electron chi connectivity index (χ2n) is 6.29. The number of thiophene rings is 1. The van der Waals surface area contributed by atoms with E-state index in [1.807, 2.05) is 6.20 Å². The largest absolute Gasteiger partial charge is 0.357 e. The molecule has 0 aliphatic carbocycles. The first-order chi connectivity index (χ1) is 12.3. The fourth-order valence-electron chi connectivity index (χ4n) is 2.94. The van der Waals surface area contributed by atoms with Crippen molar-refractivity contribution in [1.29, 1.82) is 0 Å². The van der Waals surface area contributed by atoms with Gasteiger partial charge in [-0.1, -0.05) is 0 Å². The Hall–Kier alpha value is -2.08. The molecule has 2 aromatic heterocycles. The lowest BCUT2D eigenvalue weighted by atomic mass is 10.2. The van der Waals surface area contributed by atoms with Gasteiger partial charge in [0.25, 0.3) is 0 Å². The topological polar surface area (TPSA) is 52.6 Å². The first-order valence-electron chi connectivity index (χ1n) is 9.01. The molecule has 134 valence electrons. The number of aromatic nitrogens is 1. The van der Waals surface area contributed by atoms with Crippen LogP contribution >= 0.6 is 11.3 Å². The summed E-state index contributed by atoms with van der Waals surface area (Å²) in [5, 5.41) is 8.88. The summed E-state index contributed by atoms with van der Waals surface area (Å²) in [7, 11) is 0. The van der Waals surface area contributed by atoms with Crippen molar-refractivity contribution in [2.45, 2.75) is 39.8 Å². The van der Waals surface area contributed by atoms with Crippen molar-refractivity contribution in [3.05, 3.63) is 45.8 Å². The third-order valence-corrected chi connectivity index (χ3v) is 5.41. The summed E-state index contributed by atoms with van der Waals surface area (Å²) in [5.74, 6) is 1.94. The molecule has 3 heterocycles. The van der Waals surface area contributed by atoms with Crippen molar-refractivity contribution in [3.8, 4) is 0 Å². The summed E-state index contributed by atoms with van der Waals surface area (Å²) in [6.45, 7) is 8.78. The van der Waals surface area contributed by atoms with E-state index in [4.69, 9.17) is 4.99 Å². The molecule has 0 aromatic carbocycles. The van der Waals surface area contributed by atoms with Gasteiger partial charge in [0, 0.05) is 30.7 Å². The molecule has 1 saturated heterocycles. The number of anilines is 1. The minimum atomic E-state index is 0.655. The Bertz CT molecular complexity index is 703. The zero-order valence-corrected chi connectivity index (χ0v) is 15.9. The van der Waals surface area contributed by atoms with Crippen LogP contribution in [0, 0.1) is 6.92 Å². The lowest BCUT2D eigenvalue weighted by Crippen LogP contribution is -2.36. The van der Waals surface area contributed by atoms with E-state index in [1.54, 1.807) is 11.3 Å². The highest BCUT2D eigenvalue weighted by Crippen LogP contribution is 2.19. The average molecular weight is 358 g/mol. The molecule has 25 heavy (non-hydrogen) atoms. The van der Waals surface area contributed by atoms with E-state index in [-0.39, 0.29) is 0 Å². The minimum Gasteiger partial charge on any atom is -0.357 e. The first-order valence-corrected chi connectivity index (χ1v) is 9.89. The Morgan fingerprint density at radius 3 is 2.84 bits per heavy atom. The van der Waals surface area contributed by atoms with Gasteiger partial charge in [-0.25, -0.2) is 9.98 Å². The predicted octanol–water partition coefficient (Wildman–Crippen LogP) is 3.31. The Kier molecular flexibility index (Phi) is 6.28. The normalized spacial score (nSPS) is 14.8. The average Bonchev–Trinajstić information content (AvgIpc) is 3.29. The number of pyridine rings is 1. The third-order valence-electron chi connectivity index (χ3n) is 4.39. The number of nitrogens with zero attached hydrogens (tertiary/aromatic N) is 3. The quantitative estimate of drug-likeness (QED) is 0.615. The van der Waals surface area contributed by atoms with Gasteiger partial charge in [-0.15, -0.1) is 11.3 Å². The van der Waals surface area contributed by atoms with Gasteiger partial charge < -0.3 is 15.5 Å². The maximum Gasteiger partial charge on any atom is 0.191 e. The number of aryl methyl sites for hydroxylation is 1. The summed E-state index contributed by atoms with van der Waals surface area (Å²) in [5.41, 5.74) is 2.53. The molecule has 0 unspecified atom stereocenters. The number of nitrogens with one attached hydrogen (secondary N) is 2. The monoisotopic (exact) mass is 357 g/mol. The summed E-state index contributed by atoms with van der Waals surface area (Å²) < 4.78 is 0. The molecule has 0 amide bonds. The fraction of sp³-hybridized carbons (Fsp3) is 0.474. The molecule has 1 aliphatic rings. The van der Waals surface area contributed by atoms with E-state index in [9.17, 15) is 0 Å². The van der Waals surface area contributed by atoms with E-state index in [2.05, 4.69) is 57.9 Å². The fourth-order valence-corrected chi connectivity index (χ4v) is 3.79. The van der Waals surface area contributed by atoms with Crippen LogP contribution in [0.15, 0.2) is 34.8 Å². The van der Waals surface area contributed by atoms with Crippen LogP contribution in [0.25, 0.3) is 0 Å². The second kappa shape index (κ2) is 8.85. The number of aliphatic imine (C=N–C) groups is 1. The van der Waals surface area contributed by atoms with Crippen LogP contribution in [0.3, 0.4) is 0 Å². The lowest BCUT2D eigenvalue weighted by Gasteiger charge is -2.16. The van der Waals surface area contributed by atoms with Crippen LogP contribution in [0.4, 0.5) is 5.82 Å². The van der Waals surface area contributed by atoms with Gasteiger partial charge >= 0.3 is 0 Å². The van der Waals surface area contributed by atoms with Crippen LogP contribution < -0.4 is 15.5 Å². The smallest absolute Gasteiger partial charge is 0.191 e. The van der Waals surface area contributed by atoms with Crippen molar-refractivity contribution in [3.63, 3.8) is 0 Å². The molecule has 2 N–H and O–H groups in total. The highest BCUT2D eigenvalue weighted by atomic mass is 32.1. The van der Waals surface area contributed by atoms with E-state index < -0.39 is 0 Å². The molecule has 0 radical (unpaired) electrons. The molecule has 1 aliphatic heterocycles. The van der Waals surface area contributed by atoms with Gasteiger partial charge in [0.1, 0.15) is 5.82 Å². The first kappa shape index (κ1) is 17.7. The van der Waals surface area contributed by atoms with Crippen LogP contribution in [0.1, 0.15) is 35.8 Å². The number of hydrogen-bond donors (Lipinski definition) is 2. The molecule has 6 heteroatoms. The Labute approximate surface area is 154 Å². The number of guanidine groups is 1. The third kappa shape index (κ3) is 4.95. The second-order valence-corrected chi connectivity index (χ2v) is 7.29. The van der Waals surface area contributed by atoms with Crippen molar-refractivity contribution in [2.24, 2.45) is 4.99 Å². The molecule has 0 spiro atoms. The summed E-state index contributed by atoms with van der Waals surface area (Å²) >= 11 is 1.78. The van der Waals surface area contributed by atoms with Gasteiger partial charge in [-0.05, 0) is 61.4 Å². The molecular weight excluding hydrogens is 330 g/mol. The number of hydrogen-bond acceptors (Lipinski definition) is 4. The maximum atomic E-state index is 4.73. The van der Waals surface area contributed by atoms with Gasteiger partial charge in [0.15, 0.2) is 5.96 Å². The van der Waals surface area contributed by atoms with Crippen molar-refractivity contribution >= 4 is 23.1 Å². The van der Waals surface area contributed by atoms with E-state index in [0.29, 0.717) is 6.54 Å². The minimum absolute atomic E-state index is 0.655. The molecule has 2 aromatic rings. The predicted molar refractivity (Wildman–Crippen MR) is 106 cm³/mol. The van der Waals surface area contributed by atoms with Crippen molar-refractivity contribution < 1.29 is 0 Å². The standard InChI is InChI=1S/C19H27N5S/c1-3-20-19(23-14-17-15(2)7-11-25-17)22-13-16-6-8-21-18(12-16)24-9-4-5-10-24/h6-8,11-12H,3-5,9-10,13-14H2,1-2H3,(H2,20,22,23). The zero-order chi connectivity index (χ0) is 17.5. The van der Waals surface area contributed by atoms with Crippen molar-refractivity contribution in [1.82, 2.24) is 15.6 Å². The van der Waals surface area contributed by atoms with Crippen LogP contribution in [0.2, 0.25) is 0 Å². The molecular formula is C19H27N5S. The Morgan fingerprint density at radius 1 is 1.28 bits per heavy atom. The number of rotatable bonds is 6. The lowest BCUT2D eigenvalue weighted by molar-refractivity contribution is 0.820. The van der Waals surface area contributed by atoms with Crippen LogP contribution in [-0.2, 0) is 13.1 Å². The Balaban J connectivity index is 1.62. The highest BCUT2D eigenvalue weighted by Gasteiger charge is 2.13. The SMILES string of the molecule is CCNC(=NCc1ccnc(N2CCCC2)c1)NCc1sccc1C. The maximum absolute atomic E-state index is 4.73. The van der Waals surface area contributed by atoms with Gasteiger partial charge in [-0.2, -0.15) is 0 Å². The molecule has 5 nitrogen and oxygen atoms in total. The molecule has 3 rings (SSSR count). The highest BCUT2D eigenvalue weighted by molar-refractivity contribution is 7.10. The zero-order valence-electron chi connectivity index (χ0n) is 15.1. The van der Waals surface area contributed by atoms with Crippen LogP contribution in [0.5, 0.6) is 0 Å². The van der Waals surface area contributed by atoms with Gasteiger partial charge in [0.05, 0.1) is 13.1 Å². The molecule has 0 bridgehead atoms. The summed E-state index contributed by atoms with van der Waals surface area (Å²) in [6, 6.07) is 6.38. The van der Waals surface area contributed by atoms with E-state index >= 15 is 0 Å². The van der Waals surface area contributed by atoms with E-state index in [1.165, 1.54) is 28.8 Å². The van der Waals surface area contributed by atoms with Crippen LogP contribution in [-0.4, -0.2) is 30.6 Å². The van der Waals surface area contributed by atoms with Gasteiger partial charge in [0.2, 0.25) is 0 Å². The summed E-state index contributed by atoms with van der Waals surface area (Å²) in [4.78, 5) is 13.0. The summed E-state index contributed by atoms with van der Waals surface area (Å²) in [6.07, 6.45) is 4.43. The molecule has 0 saturated carbocycles. The molecule has 1 fully saturated rings. The van der Waals surface area contributed by atoms with Crippen molar-refractivity contribution in [2.75, 3.05) is 24.5 Å².